The minimum Gasteiger partial charge on any atom is -0.480 e. The zero-order valence-electron chi connectivity index (χ0n) is 12.0. The van der Waals surface area contributed by atoms with Crippen molar-refractivity contribution < 1.29 is 9.53 Å². The normalized spacial score (nSPS) is 16.8. The molecular formula is C16H17N3O2. The van der Waals surface area contributed by atoms with Gasteiger partial charge in [0.1, 0.15) is 12.1 Å². The number of fused-ring (bicyclic) bond motifs is 3. The zero-order valence-corrected chi connectivity index (χ0v) is 12.0. The van der Waals surface area contributed by atoms with Gasteiger partial charge in [0.05, 0.1) is 0 Å². The monoisotopic (exact) mass is 283 g/mol. The minimum atomic E-state index is -0.523. The molecule has 1 atom stereocenters. The van der Waals surface area contributed by atoms with Crippen molar-refractivity contribution in [3.05, 3.63) is 42.0 Å². The summed E-state index contributed by atoms with van der Waals surface area (Å²) in [6.45, 7) is 0. The number of hydrazone groups is 1. The predicted molar refractivity (Wildman–Crippen MR) is 82.4 cm³/mol. The summed E-state index contributed by atoms with van der Waals surface area (Å²) in [7, 11) is 3.67. The van der Waals surface area contributed by atoms with Gasteiger partial charge in [-0.05, 0) is 16.8 Å². The Bertz CT molecular complexity index is 710. The van der Waals surface area contributed by atoms with Crippen molar-refractivity contribution in [2.45, 2.75) is 12.5 Å². The minimum absolute atomic E-state index is 0.228. The molecule has 0 radical (unpaired) electrons. The molecule has 3 rings (SSSR count). The van der Waals surface area contributed by atoms with E-state index in [2.05, 4.69) is 22.7 Å². The van der Waals surface area contributed by atoms with Crippen LogP contribution in [0.1, 0.15) is 5.56 Å². The van der Waals surface area contributed by atoms with Crippen molar-refractivity contribution in [2.75, 3.05) is 14.1 Å². The number of nitrogens with one attached hydrogen (secondary N) is 1. The average molecular weight is 283 g/mol. The summed E-state index contributed by atoms with van der Waals surface area (Å²) in [6, 6.07) is 12.1. The molecule has 5 heteroatoms. The fourth-order valence-electron chi connectivity index (χ4n) is 2.44. The summed E-state index contributed by atoms with van der Waals surface area (Å²) < 4.78 is 5.73. The van der Waals surface area contributed by atoms with Crippen molar-refractivity contribution in [1.29, 1.82) is 0 Å². The molecule has 1 amide bonds. The van der Waals surface area contributed by atoms with Gasteiger partial charge in [-0.25, -0.2) is 5.43 Å². The van der Waals surface area contributed by atoms with Gasteiger partial charge in [0.15, 0.2) is 6.10 Å². The van der Waals surface area contributed by atoms with Crippen LogP contribution < -0.4 is 10.2 Å². The lowest BCUT2D eigenvalue weighted by Gasteiger charge is -2.08. The predicted octanol–water partition coefficient (Wildman–Crippen LogP) is 1.76. The molecular weight excluding hydrogens is 266 g/mol. The molecule has 0 aromatic heterocycles. The first kappa shape index (κ1) is 13.4. The van der Waals surface area contributed by atoms with Crippen molar-refractivity contribution in [3.63, 3.8) is 0 Å². The van der Waals surface area contributed by atoms with Gasteiger partial charge in [-0.1, -0.05) is 30.3 Å². The summed E-state index contributed by atoms with van der Waals surface area (Å²) in [5.41, 5.74) is 3.59. The number of ether oxygens (including phenoxy) is 1. The summed E-state index contributed by atoms with van der Waals surface area (Å²) in [6.07, 6.45) is 1.58. The molecule has 0 saturated heterocycles. The lowest BCUT2D eigenvalue weighted by Crippen LogP contribution is -2.35. The Hall–Kier alpha value is -2.56. The Balaban J connectivity index is 1.78. The topological polar surface area (TPSA) is 53.9 Å². The van der Waals surface area contributed by atoms with Crippen molar-refractivity contribution in [1.82, 2.24) is 10.3 Å². The van der Waals surface area contributed by atoms with Gasteiger partial charge in [-0.15, -0.1) is 0 Å². The number of benzene rings is 2. The third-order valence-electron chi connectivity index (χ3n) is 3.41. The van der Waals surface area contributed by atoms with Crippen LogP contribution in [0.4, 0.5) is 0 Å². The van der Waals surface area contributed by atoms with E-state index in [-0.39, 0.29) is 5.91 Å². The fraction of sp³-hybridized carbons (Fsp3) is 0.250. The highest BCUT2D eigenvalue weighted by molar-refractivity contribution is 5.91. The number of amides is 1. The molecule has 5 nitrogen and oxygen atoms in total. The first-order valence-corrected chi connectivity index (χ1v) is 6.82. The summed E-state index contributed by atoms with van der Waals surface area (Å²) in [5.74, 6) is 0.554. The van der Waals surface area contributed by atoms with E-state index in [9.17, 15) is 4.79 Å². The Kier molecular flexibility index (Phi) is 3.48. The van der Waals surface area contributed by atoms with Crippen LogP contribution in [-0.4, -0.2) is 37.3 Å². The molecule has 0 unspecified atom stereocenters. The fourth-order valence-corrected chi connectivity index (χ4v) is 2.44. The van der Waals surface area contributed by atoms with Crippen LogP contribution in [0.15, 0.2) is 41.5 Å². The van der Waals surface area contributed by atoms with Crippen molar-refractivity contribution in [2.24, 2.45) is 5.10 Å². The lowest BCUT2D eigenvalue weighted by atomic mass is 10.0. The Morgan fingerprint density at radius 1 is 1.33 bits per heavy atom. The molecule has 0 fully saturated rings. The highest BCUT2D eigenvalue weighted by Gasteiger charge is 2.30. The number of hydrogen-bond acceptors (Lipinski definition) is 3. The van der Waals surface area contributed by atoms with Gasteiger partial charge < -0.3 is 9.64 Å². The molecule has 0 bridgehead atoms. The van der Waals surface area contributed by atoms with Gasteiger partial charge in [0.25, 0.3) is 5.91 Å². The maximum atomic E-state index is 12.1. The van der Waals surface area contributed by atoms with Crippen LogP contribution in [0.25, 0.3) is 10.8 Å². The first-order chi connectivity index (χ1) is 10.1. The van der Waals surface area contributed by atoms with Crippen molar-refractivity contribution >= 4 is 23.0 Å². The summed E-state index contributed by atoms with van der Waals surface area (Å²) in [4.78, 5) is 13.8. The van der Waals surface area contributed by atoms with Crippen LogP contribution in [0.3, 0.4) is 0 Å². The third kappa shape index (κ3) is 2.67. The molecule has 1 N–H and O–H groups in total. The maximum absolute atomic E-state index is 12.1. The van der Waals surface area contributed by atoms with Gasteiger partial charge >= 0.3 is 0 Å². The smallest absolute Gasteiger partial charge is 0.281 e. The number of nitrogens with zero attached hydrogens (tertiary/aromatic N) is 2. The number of hydrogen-bond donors (Lipinski definition) is 1. The van der Waals surface area contributed by atoms with Crippen LogP contribution in [-0.2, 0) is 11.2 Å². The average Bonchev–Trinajstić information content (AvgIpc) is 2.91. The Labute approximate surface area is 123 Å². The standard InChI is InChI=1S/C16H17N3O2/c1-19(2)10-17-18-16(20)15-9-13-12-6-4-3-5-11(12)7-8-14(13)21-15/h3-8,10,15H,9H2,1-2H3,(H,18,20)/b17-10-/t15-/m0/s1. The SMILES string of the molecule is CN(C)/C=N\NC(=O)[C@@H]1Cc2c(ccc3ccccc23)O1. The maximum Gasteiger partial charge on any atom is 0.281 e. The number of rotatable bonds is 3. The van der Waals surface area contributed by atoms with Crippen molar-refractivity contribution in [3.8, 4) is 5.75 Å². The van der Waals surface area contributed by atoms with E-state index in [0.717, 1.165) is 22.1 Å². The summed E-state index contributed by atoms with van der Waals surface area (Å²) in [5, 5.41) is 6.16. The molecule has 1 aliphatic heterocycles. The quantitative estimate of drug-likeness (QED) is 0.530. The second kappa shape index (κ2) is 5.44. The number of carbonyl (C=O) groups excluding carboxylic acids is 1. The van der Waals surface area contributed by atoms with E-state index in [1.54, 1.807) is 4.90 Å². The van der Waals surface area contributed by atoms with E-state index >= 15 is 0 Å². The Morgan fingerprint density at radius 3 is 2.95 bits per heavy atom. The summed E-state index contributed by atoms with van der Waals surface area (Å²) >= 11 is 0. The van der Waals surface area contributed by atoms with Gasteiger partial charge in [0, 0.05) is 26.1 Å². The van der Waals surface area contributed by atoms with Crippen LogP contribution in [0, 0.1) is 0 Å². The molecule has 1 aliphatic rings. The first-order valence-electron chi connectivity index (χ1n) is 6.82. The molecule has 2 aromatic rings. The van der Waals surface area contributed by atoms with Gasteiger partial charge in [-0.2, -0.15) is 5.10 Å². The lowest BCUT2D eigenvalue weighted by molar-refractivity contribution is -0.127. The van der Waals surface area contributed by atoms with E-state index in [1.165, 1.54) is 6.34 Å². The molecule has 0 spiro atoms. The molecule has 0 saturated carbocycles. The van der Waals surface area contributed by atoms with Gasteiger partial charge in [0.2, 0.25) is 0 Å². The zero-order chi connectivity index (χ0) is 14.8. The second-order valence-corrected chi connectivity index (χ2v) is 5.26. The van der Waals surface area contributed by atoms with Gasteiger partial charge in [-0.3, -0.25) is 4.79 Å². The van der Waals surface area contributed by atoms with Crippen LogP contribution >= 0.6 is 0 Å². The molecule has 2 aromatic carbocycles. The molecule has 0 aliphatic carbocycles. The largest absolute Gasteiger partial charge is 0.480 e. The molecule has 1 heterocycles. The van der Waals surface area contributed by atoms with E-state index in [0.29, 0.717) is 6.42 Å². The highest BCUT2D eigenvalue weighted by atomic mass is 16.5. The third-order valence-corrected chi connectivity index (χ3v) is 3.41. The van der Waals surface area contributed by atoms with Crippen LogP contribution in [0.2, 0.25) is 0 Å². The Morgan fingerprint density at radius 2 is 2.14 bits per heavy atom. The van der Waals surface area contributed by atoms with E-state index in [4.69, 9.17) is 4.74 Å². The van der Waals surface area contributed by atoms with E-state index in [1.807, 2.05) is 38.4 Å². The van der Waals surface area contributed by atoms with Crippen LogP contribution in [0.5, 0.6) is 5.75 Å². The molecule has 21 heavy (non-hydrogen) atoms. The number of carbonyl (C=O) groups is 1. The second-order valence-electron chi connectivity index (χ2n) is 5.26. The molecule has 108 valence electrons. The van der Waals surface area contributed by atoms with E-state index < -0.39 is 6.10 Å². The highest BCUT2D eigenvalue weighted by Crippen LogP contribution is 2.34.